The highest BCUT2D eigenvalue weighted by Crippen LogP contribution is 2.28. The number of aromatic hydroxyl groups is 1. The van der Waals surface area contributed by atoms with Crippen LogP contribution in [0.5, 0.6) is 11.5 Å². The standard InChI is InChI=1S/C17H18N2O3/c1-22-15-9-5-8-14(16(15)20)17(21)19-11-10-18-12-13-6-3-2-4-7-13/h2-9,12,20H,10-11H2,1H3,(H,19,21). The molecular weight excluding hydrogens is 280 g/mol. The molecule has 2 aromatic rings. The van der Waals surface area contributed by atoms with Gasteiger partial charge in [-0.05, 0) is 17.7 Å². The summed E-state index contributed by atoms with van der Waals surface area (Å²) in [6.07, 6.45) is 1.76. The van der Waals surface area contributed by atoms with Gasteiger partial charge < -0.3 is 15.2 Å². The van der Waals surface area contributed by atoms with Gasteiger partial charge in [-0.3, -0.25) is 9.79 Å². The molecule has 2 N–H and O–H groups in total. The number of para-hydroxylation sites is 1. The summed E-state index contributed by atoms with van der Waals surface area (Å²) in [4.78, 5) is 16.2. The van der Waals surface area contributed by atoms with Crippen LogP contribution in [0.15, 0.2) is 53.5 Å². The third kappa shape index (κ3) is 4.09. The first-order valence-corrected chi connectivity index (χ1v) is 6.91. The average Bonchev–Trinajstić information content (AvgIpc) is 2.55. The van der Waals surface area contributed by atoms with E-state index >= 15 is 0 Å². The Balaban J connectivity index is 1.85. The fourth-order valence-electron chi connectivity index (χ4n) is 1.91. The van der Waals surface area contributed by atoms with Gasteiger partial charge in [0.15, 0.2) is 11.5 Å². The van der Waals surface area contributed by atoms with Crippen molar-refractivity contribution in [2.24, 2.45) is 4.99 Å². The van der Waals surface area contributed by atoms with E-state index in [1.165, 1.54) is 7.11 Å². The second kappa shape index (κ2) is 7.83. The number of hydrogen-bond donors (Lipinski definition) is 2. The molecule has 0 bridgehead atoms. The van der Waals surface area contributed by atoms with Gasteiger partial charge in [0.1, 0.15) is 0 Å². The number of methoxy groups -OCH3 is 1. The summed E-state index contributed by atoms with van der Waals surface area (Å²) in [5.41, 5.74) is 1.20. The maximum Gasteiger partial charge on any atom is 0.255 e. The Morgan fingerprint density at radius 2 is 2.00 bits per heavy atom. The van der Waals surface area contributed by atoms with Gasteiger partial charge in [-0.2, -0.15) is 0 Å². The average molecular weight is 298 g/mol. The summed E-state index contributed by atoms with van der Waals surface area (Å²) in [5.74, 6) is -0.239. The van der Waals surface area contributed by atoms with E-state index in [0.29, 0.717) is 13.1 Å². The zero-order chi connectivity index (χ0) is 15.8. The van der Waals surface area contributed by atoms with E-state index in [2.05, 4.69) is 10.3 Å². The van der Waals surface area contributed by atoms with Crippen LogP contribution in [-0.4, -0.2) is 37.4 Å². The number of amides is 1. The number of phenols is 1. The quantitative estimate of drug-likeness (QED) is 0.634. The van der Waals surface area contributed by atoms with E-state index in [1.807, 2.05) is 30.3 Å². The Morgan fingerprint density at radius 1 is 1.23 bits per heavy atom. The van der Waals surface area contributed by atoms with Crippen molar-refractivity contribution in [1.29, 1.82) is 0 Å². The highest BCUT2D eigenvalue weighted by Gasteiger charge is 2.13. The molecule has 114 valence electrons. The molecule has 0 aliphatic heterocycles. The third-order valence-corrected chi connectivity index (χ3v) is 3.03. The van der Waals surface area contributed by atoms with Gasteiger partial charge in [0.2, 0.25) is 0 Å². The summed E-state index contributed by atoms with van der Waals surface area (Å²) in [6.45, 7) is 0.851. The molecule has 0 aromatic heterocycles. The zero-order valence-corrected chi connectivity index (χ0v) is 12.3. The molecule has 22 heavy (non-hydrogen) atoms. The van der Waals surface area contributed by atoms with Crippen molar-refractivity contribution >= 4 is 12.1 Å². The number of carbonyl (C=O) groups is 1. The third-order valence-electron chi connectivity index (χ3n) is 3.03. The van der Waals surface area contributed by atoms with Gasteiger partial charge in [-0.15, -0.1) is 0 Å². The Hall–Kier alpha value is -2.82. The molecule has 0 unspecified atom stereocenters. The number of carbonyl (C=O) groups excluding carboxylic acids is 1. The van der Waals surface area contributed by atoms with Crippen LogP contribution in [0.2, 0.25) is 0 Å². The van der Waals surface area contributed by atoms with E-state index in [1.54, 1.807) is 24.4 Å². The largest absolute Gasteiger partial charge is 0.504 e. The van der Waals surface area contributed by atoms with E-state index in [-0.39, 0.29) is 23.0 Å². The Labute approximate surface area is 129 Å². The van der Waals surface area contributed by atoms with E-state index in [9.17, 15) is 9.90 Å². The number of benzene rings is 2. The van der Waals surface area contributed by atoms with Crippen molar-refractivity contribution in [1.82, 2.24) is 5.32 Å². The Kier molecular flexibility index (Phi) is 5.54. The Morgan fingerprint density at radius 3 is 2.73 bits per heavy atom. The van der Waals surface area contributed by atoms with Crippen molar-refractivity contribution in [2.45, 2.75) is 0 Å². The lowest BCUT2D eigenvalue weighted by Crippen LogP contribution is -2.26. The van der Waals surface area contributed by atoms with Gasteiger partial charge in [0, 0.05) is 12.8 Å². The van der Waals surface area contributed by atoms with Crippen molar-refractivity contribution < 1.29 is 14.6 Å². The number of nitrogens with zero attached hydrogens (tertiary/aromatic N) is 1. The smallest absolute Gasteiger partial charge is 0.255 e. The summed E-state index contributed by atoms with van der Waals surface area (Å²) in [7, 11) is 1.44. The number of rotatable bonds is 6. The number of hydrogen-bond acceptors (Lipinski definition) is 4. The van der Waals surface area contributed by atoms with Crippen LogP contribution in [0.4, 0.5) is 0 Å². The first-order valence-electron chi connectivity index (χ1n) is 6.91. The number of phenolic OH excluding ortho intramolecular Hbond substituents is 1. The molecule has 0 spiro atoms. The molecule has 5 heteroatoms. The summed E-state index contributed by atoms with van der Waals surface area (Å²) < 4.78 is 4.97. The lowest BCUT2D eigenvalue weighted by Gasteiger charge is -2.08. The van der Waals surface area contributed by atoms with Crippen molar-refractivity contribution in [2.75, 3.05) is 20.2 Å². The highest BCUT2D eigenvalue weighted by atomic mass is 16.5. The van der Waals surface area contributed by atoms with Crippen LogP contribution in [0.3, 0.4) is 0 Å². The van der Waals surface area contributed by atoms with Gasteiger partial charge in [0.05, 0.1) is 19.2 Å². The van der Waals surface area contributed by atoms with Crippen LogP contribution in [0, 0.1) is 0 Å². The number of ether oxygens (including phenoxy) is 1. The topological polar surface area (TPSA) is 70.9 Å². The predicted octanol–water partition coefficient (Wildman–Crippen LogP) is 2.25. The number of nitrogens with one attached hydrogen (secondary N) is 1. The fraction of sp³-hybridized carbons (Fsp3) is 0.176. The van der Waals surface area contributed by atoms with Crippen LogP contribution < -0.4 is 10.1 Å². The van der Waals surface area contributed by atoms with Crippen molar-refractivity contribution in [3.8, 4) is 11.5 Å². The molecule has 0 radical (unpaired) electrons. The molecule has 0 aliphatic carbocycles. The molecule has 0 aliphatic rings. The van der Waals surface area contributed by atoms with Crippen LogP contribution in [0.25, 0.3) is 0 Å². The molecule has 1 amide bonds. The van der Waals surface area contributed by atoms with E-state index < -0.39 is 0 Å². The minimum absolute atomic E-state index is 0.157. The van der Waals surface area contributed by atoms with Crippen LogP contribution in [0.1, 0.15) is 15.9 Å². The summed E-state index contributed by atoms with van der Waals surface area (Å²) in [6, 6.07) is 14.5. The maximum atomic E-state index is 12.0. The second-order valence-corrected chi connectivity index (χ2v) is 4.56. The fourth-order valence-corrected chi connectivity index (χ4v) is 1.91. The molecular formula is C17H18N2O3. The normalized spacial score (nSPS) is 10.6. The molecule has 0 saturated heterocycles. The van der Waals surface area contributed by atoms with E-state index in [4.69, 9.17) is 4.74 Å². The first kappa shape index (κ1) is 15.6. The first-order chi connectivity index (χ1) is 10.7. The molecule has 0 heterocycles. The monoisotopic (exact) mass is 298 g/mol. The highest BCUT2D eigenvalue weighted by molar-refractivity contribution is 5.97. The molecule has 2 rings (SSSR count). The van der Waals surface area contributed by atoms with Gasteiger partial charge >= 0.3 is 0 Å². The molecule has 0 saturated carbocycles. The molecule has 0 fully saturated rings. The summed E-state index contributed by atoms with van der Waals surface area (Å²) in [5, 5.41) is 12.6. The molecule has 0 atom stereocenters. The SMILES string of the molecule is COc1cccc(C(=O)NCCN=Cc2ccccc2)c1O. The number of aliphatic imine (C=N–C) groups is 1. The van der Waals surface area contributed by atoms with Gasteiger partial charge in [0.25, 0.3) is 5.91 Å². The van der Waals surface area contributed by atoms with Crippen LogP contribution in [-0.2, 0) is 0 Å². The van der Waals surface area contributed by atoms with Gasteiger partial charge in [-0.1, -0.05) is 36.4 Å². The second-order valence-electron chi connectivity index (χ2n) is 4.56. The minimum Gasteiger partial charge on any atom is -0.504 e. The predicted molar refractivity (Wildman–Crippen MR) is 85.9 cm³/mol. The molecule has 2 aromatic carbocycles. The summed E-state index contributed by atoms with van der Waals surface area (Å²) >= 11 is 0. The van der Waals surface area contributed by atoms with Gasteiger partial charge in [-0.25, -0.2) is 0 Å². The Bertz CT molecular complexity index is 654. The minimum atomic E-state index is -0.355. The lowest BCUT2D eigenvalue weighted by atomic mass is 10.1. The molecule has 5 nitrogen and oxygen atoms in total. The van der Waals surface area contributed by atoms with E-state index in [0.717, 1.165) is 5.56 Å². The van der Waals surface area contributed by atoms with Crippen LogP contribution >= 0.6 is 0 Å². The van der Waals surface area contributed by atoms with Crippen molar-refractivity contribution in [3.63, 3.8) is 0 Å². The lowest BCUT2D eigenvalue weighted by molar-refractivity contribution is 0.0951. The maximum absolute atomic E-state index is 12.0. The zero-order valence-electron chi connectivity index (χ0n) is 12.3. The van der Waals surface area contributed by atoms with Crippen molar-refractivity contribution in [3.05, 3.63) is 59.7 Å².